The van der Waals surface area contributed by atoms with E-state index in [9.17, 15) is 0 Å². The molecule has 1 aromatic heterocycles. The maximum atomic E-state index is 6.01. The van der Waals surface area contributed by atoms with Crippen molar-refractivity contribution < 1.29 is 4.42 Å². The monoisotopic (exact) mass is 382 g/mol. The molecule has 0 aliphatic rings. The number of aliphatic imine (C=N–C) groups is 1. The SMILES string of the molecule is CN=C(NCCc1coc(-c2ccc(C)cc2)n1)NCc1cccc(Cl)c1. The normalized spacial score (nSPS) is 11.4. The standard InChI is InChI=1S/C21H23ClN4O/c1-15-6-8-17(9-7-15)20-26-19(14-27-20)10-11-24-21(23-2)25-13-16-4-3-5-18(22)12-16/h3-9,12,14H,10-11,13H2,1-2H3,(H2,23,24,25). The summed E-state index contributed by atoms with van der Waals surface area (Å²) in [4.78, 5) is 8.79. The lowest BCUT2D eigenvalue weighted by molar-refractivity contribution is 0.572. The average Bonchev–Trinajstić information content (AvgIpc) is 3.14. The zero-order valence-corrected chi connectivity index (χ0v) is 16.3. The Morgan fingerprint density at radius 1 is 1.15 bits per heavy atom. The van der Waals surface area contributed by atoms with E-state index in [1.54, 1.807) is 13.3 Å². The minimum Gasteiger partial charge on any atom is -0.444 e. The van der Waals surface area contributed by atoms with Gasteiger partial charge in [0.2, 0.25) is 5.89 Å². The molecule has 0 aliphatic heterocycles. The van der Waals surface area contributed by atoms with Crippen LogP contribution in [0.2, 0.25) is 5.02 Å². The lowest BCUT2D eigenvalue weighted by Gasteiger charge is -2.11. The van der Waals surface area contributed by atoms with Gasteiger partial charge in [-0.1, -0.05) is 41.4 Å². The summed E-state index contributed by atoms with van der Waals surface area (Å²) in [5.74, 6) is 1.38. The molecule has 0 saturated heterocycles. The molecule has 3 aromatic rings. The van der Waals surface area contributed by atoms with E-state index in [0.29, 0.717) is 19.0 Å². The first-order valence-corrected chi connectivity index (χ1v) is 9.22. The van der Waals surface area contributed by atoms with Crippen LogP contribution in [-0.4, -0.2) is 24.5 Å². The highest BCUT2D eigenvalue weighted by Crippen LogP contribution is 2.19. The van der Waals surface area contributed by atoms with Crippen LogP contribution in [0, 0.1) is 6.92 Å². The Morgan fingerprint density at radius 3 is 2.70 bits per heavy atom. The number of oxazole rings is 1. The molecule has 2 N–H and O–H groups in total. The number of rotatable bonds is 6. The van der Waals surface area contributed by atoms with E-state index in [0.717, 1.165) is 34.2 Å². The highest BCUT2D eigenvalue weighted by atomic mass is 35.5. The van der Waals surface area contributed by atoms with Gasteiger partial charge in [0.25, 0.3) is 0 Å². The first-order chi connectivity index (χ1) is 13.1. The number of guanidine groups is 1. The summed E-state index contributed by atoms with van der Waals surface area (Å²) in [7, 11) is 1.75. The predicted octanol–water partition coefficient (Wildman–Crippen LogP) is 4.21. The highest BCUT2D eigenvalue weighted by molar-refractivity contribution is 6.30. The van der Waals surface area contributed by atoms with Gasteiger partial charge in [0, 0.05) is 37.1 Å². The number of benzene rings is 2. The highest BCUT2D eigenvalue weighted by Gasteiger charge is 2.07. The molecule has 0 bridgehead atoms. The number of hydrogen-bond acceptors (Lipinski definition) is 3. The summed E-state index contributed by atoms with van der Waals surface area (Å²) in [5.41, 5.74) is 4.21. The first-order valence-electron chi connectivity index (χ1n) is 8.84. The maximum absolute atomic E-state index is 6.01. The zero-order chi connectivity index (χ0) is 19.1. The Hall–Kier alpha value is -2.79. The number of nitrogens with one attached hydrogen (secondary N) is 2. The van der Waals surface area contributed by atoms with Gasteiger partial charge in [0.1, 0.15) is 6.26 Å². The summed E-state index contributed by atoms with van der Waals surface area (Å²) in [5, 5.41) is 7.28. The number of nitrogens with zero attached hydrogens (tertiary/aromatic N) is 2. The molecule has 0 saturated carbocycles. The van der Waals surface area contributed by atoms with Crippen molar-refractivity contribution >= 4 is 17.6 Å². The summed E-state index contributed by atoms with van der Waals surface area (Å²) in [6.45, 7) is 3.42. The van der Waals surface area contributed by atoms with Crippen molar-refractivity contribution in [2.24, 2.45) is 4.99 Å². The van der Waals surface area contributed by atoms with Gasteiger partial charge in [0.05, 0.1) is 5.69 Å². The third-order valence-electron chi connectivity index (χ3n) is 4.10. The van der Waals surface area contributed by atoms with Crippen LogP contribution in [-0.2, 0) is 13.0 Å². The first kappa shape index (κ1) is 19.0. The molecule has 2 aromatic carbocycles. The van der Waals surface area contributed by atoms with Crippen LogP contribution in [0.3, 0.4) is 0 Å². The second-order valence-electron chi connectivity index (χ2n) is 6.24. The van der Waals surface area contributed by atoms with Crippen LogP contribution >= 0.6 is 11.6 Å². The minimum atomic E-state index is 0.647. The Labute approximate surface area is 164 Å². The van der Waals surface area contributed by atoms with Gasteiger partial charge >= 0.3 is 0 Å². The topological polar surface area (TPSA) is 62.5 Å². The van der Waals surface area contributed by atoms with E-state index < -0.39 is 0 Å². The molecule has 0 amide bonds. The number of halogens is 1. The summed E-state index contributed by atoms with van der Waals surface area (Å²) in [6.07, 6.45) is 2.45. The lowest BCUT2D eigenvalue weighted by atomic mass is 10.1. The van der Waals surface area contributed by atoms with E-state index in [4.69, 9.17) is 16.0 Å². The predicted molar refractivity (Wildman–Crippen MR) is 110 cm³/mol. The van der Waals surface area contributed by atoms with Crippen LogP contribution < -0.4 is 10.6 Å². The van der Waals surface area contributed by atoms with Gasteiger partial charge in [-0.25, -0.2) is 4.98 Å². The van der Waals surface area contributed by atoms with E-state index in [-0.39, 0.29) is 0 Å². The van der Waals surface area contributed by atoms with Crippen molar-refractivity contribution in [1.82, 2.24) is 15.6 Å². The molecule has 0 spiro atoms. The largest absolute Gasteiger partial charge is 0.444 e. The third-order valence-corrected chi connectivity index (χ3v) is 4.33. The molecule has 0 radical (unpaired) electrons. The van der Waals surface area contributed by atoms with Crippen molar-refractivity contribution in [2.75, 3.05) is 13.6 Å². The Kier molecular flexibility index (Phi) is 6.49. The van der Waals surface area contributed by atoms with Crippen LogP contribution in [0.25, 0.3) is 11.5 Å². The van der Waals surface area contributed by atoms with Gasteiger partial charge in [-0.15, -0.1) is 0 Å². The van der Waals surface area contributed by atoms with Crippen molar-refractivity contribution in [3.8, 4) is 11.5 Å². The van der Waals surface area contributed by atoms with Crippen molar-refractivity contribution in [3.63, 3.8) is 0 Å². The summed E-state index contributed by atoms with van der Waals surface area (Å²) >= 11 is 6.01. The fourth-order valence-electron chi connectivity index (χ4n) is 2.61. The lowest BCUT2D eigenvalue weighted by Crippen LogP contribution is -2.37. The number of aryl methyl sites for hydroxylation is 1. The zero-order valence-electron chi connectivity index (χ0n) is 15.5. The Bertz CT molecular complexity index is 903. The van der Waals surface area contributed by atoms with Gasteiger partial charge in [-0.05, 0) is 36.8 Å². The van der Waals surface area contributed by atoms with Crippen molar-refractivity contribution in [1.29, 1.82) is 0 Å². The number of hydrogen-bond donors (Lipinski definition) is 2. The molecular formula is C21H23ClN4O. The molecule has 0 atom stereocenters. The molecule has 140 valence electrons. The smallest absolute Gasteiger partial charge is 0.226 e. The quantitative estimate of drug-likeness (QED) is 0.495. The fraction of sp³-hybridized carbons (Fsp3) is 0.238. The molecule has 27 heavy (non-hydrogen) atoms. The molecule has 0 aliphatic carbocycles. The molecule has 3 rings (SSSR count). The van der Waals surface area contributed by atoms with Crippen LogP contribution in [0.15, 0.2) is 64.2 Å². The Balaban J connectivity index is 1.47. The van der Waals surface area contributed by atoms with Crippen LogP contribution in [0.1, 0.15) is 16.8 Å². The molecule has 5 nitrogen and oxygen atoms in total. The van der Waals surface area contributed by atoms with E-state index >= 15 is 0 Å². The van der Waals surface area contributed by atoms with Crippen molar-refractivity contribution in [2.45, 2.75) is 19.9 Å². The summed E-state index contributed by atoms with van der Waals surface area (Å²) in [6, 6.07) is 15.9. The molecule has 6 heteroatoms. The second-order valence-corrected chi connectivity index (χ2v) is 6.68. The van der Waals surface area contributed by atoms with Gasteiger partial charge in [-0.3, -0.25) is 4.99 Å². The Morgan fingerprint density at radius 2 is 1.96 bits per heavy atom. The van der Waals surface area contributed by atoms with Crippen LogP contribution in [0.4, 0.5) is 0 Å². The second kappa shape index (κ2) is 9.24. The third kappa shape index (κ3) is 5.59. The van der Waals surface area contributed by atoms with Gasteiger partial charge < -0.3 is 15.1 Å². The van der Waals surface area contributed by atoms with E-state index in [1.165, 1.54) is 5.56 Å². The minimum absolute atomic E-state index is 0.647. The fourth-order valence-corrected chi connectivity index (χ4v) is 2.83. The molecular weight excluding hydrogens is 360 g/mol. The van der Waals surface area contributed by atoms with E-state index in [1.807, 2.05) is 36.4 Å². The molecule has 1 heterocycles. The van der Waals surface area contributed by atoms with Crippen molar-refractivity contribution in [3.05, 3.63) is 76.6 Å². The van der Waals surface area contributed by atoms with Gasteiger partial charge in [0.15, 0.2) is 5.96 Å². The van der Waals surface area contributed by atoms with E-state index in [2.05, 4.69) is 39.7 Å². The van der Waals surface area contributed by atoms with Crippen LogP contribution in [0.5, 0.6) is 0 Å². The molecule has 0 fully saturated rings. The van der Waals surface area contributed by atoms with Gasteiger partial charge in [-0.2, -0.15) is 0 Å². The number of aromatic nitrogens is 1. The maximum Gasteiger partial charge on any atom is 0.226 e. The molecule has 0 unspecified atom stereocenters. The average molecular weight is 383 g/mol. The summed E-state index contributed by atoms with van der Waals surface area (Å²) < 4.78 is 5.59.